The summed E-state index contributed by atoms with van der Waals surface area (Å²) in [7, 11) is 0. The minimum atomic E-state index is -0.314. The van der Waals surface area contributed by atoms with E-state index in [1.54, 1.807) is 53.3 Å². The Bertz CT molecular complexity index is 1000. The van der Waals surface area contributed by atoms with Crippen molar-refractivity contribution in [1.29, 1.82) is 0 Å². The molecule has 27 heavy (non-hydrogen) atoms. The molecular weight excluding hydrogens is 387 g/mol. The van der Waals surface area contributed by atoms with Crippen LogP contribution < -0.4 is 10.6 Å². The molecule has 2 N–H and O–H groups in total. The van der Waals surface area contributed by atoms with E-state index in [-0.39, 0.29) is 11.8 Å². The Morgan fingerprint density at radius 1 is 1.07 bits per heavy atom. The van der Waals surface area contributed by atoms with Gasteiger partial charge in [-0.05, 0) is 35.9 Å². The Hall–Kier alpha value is -2.83. The predicted molar refractivity (Wildman–Crippen MR) is 106 cm³/mol. The van der Waals surface area contributed by atoms with Gasteiger partial charge in [0.2, 0.25) is 5.91 Å². The molecule has 0 saturated carbocycles. The number of carbonyl (C=O) groups is 2. The van der Waals surface area contributed by atoms with Crippen LogP contribution in [0.25, 0.3) is 0 Å². The summed E-state index contributed by atoms with van der Waals surface area (Å²) in [5, 5.41) is 10.8. The second-order valence-corrected chi connectivity index (χ2v) is 6.67. The zero-order valence-electron chi connectivity index (χ0n) is 14.4. The summed E-state index contributed by atoms with van der Waals surface area (Å²) in [6, 6.07) is 13.6. The van der Waals surface area contributed by atoms with E-state index in [0.29, 0.717) is 33.7 Å². The SMILES string of the molecule is CC(=O)Nc1cccc(C(=O)Nc2ccnn2Cc2ccc(Cl)cc2Cl)c1. The van der Waals surface area contributed by atoms with Crippen LogP contribution in [-0.4, -0.2) is 21.6 Å². The predicted octanol–water partition coefficient (Wildman–Crippen LogP) is 4.45. The van der Waals surface area contributed by atoms with Gasteiger partial charge in [-0.1, -0.05) is 35.3 Å². The zero-order valence-corrected chi connectivity index (χ0v) is 15.9. The highest BCUT2D eigenvalue weighted by molar-refractivity contribution is 6.35. The first-order valence-corrected chi connectivity index (χ1v) is 8.83. The molecule has 2 amide bonds. The van der Waals surface area contributed by atoms with Gasteiger partial charge < -0.3 is 10.6 Å². The average molecular weight is 403 g/mol. The summed E-state index contributed by atoms with van der Waals surface area (Å²) in [6.45, 7) is 1.79. The maximum atomic E-state index is 12.6. The van der Waals surface area contributed by atoms with Gasteiger partial charge in [-0.2, -0.15) is 5.10 Å². The van der Waals surface area contributed by atoms with Crippen LogP contribution in [0, 0.1) is 0 Å². The third-order valence-electron chi connectivity index (χ3n) is 3.74. The fourth-order valence-corrected chi connectivity index (χ4v) is 2.97. The fraction of sp³-hybridized carbons (Fsp3) is 0.105. The largest absolute Gasteiger partial charge is 0.326 e. The first kappa shape index (κ1) is 18.9. The van der Waals surface area contributed by atoms with Gasteiger partial charge in [-0.15, -0.1) is 0 Å². The number of hydrogen-bond donors (Lipinski definition) is 2. The number of hydrogen-bond acceptors (Lipinski definition) is 3. The Kier molecular flexibility index (Phi) is 5.78. The van der Waals surface area contributed by atoms with Crippen LogP contribution >= 0.6 is 23.2 Å². The van der Waals surface area contributed by atoms with Crippen molar-refractivity contribution in [1.82, 2.24) is 9.78 Å². The molecule has 3 aromatic rings. The van der Waals surface area contributed by atoms with E-state index in [0.717, 1.165) is 5.56 Å². The molecule has 0 radical (unpaired) electrons. The smallest absolute Gasteiger partial charge is 0.256 e. The van der Waals surface area contributed by atoms with Gasteiger partial charge in [0.25, 0.3) is 5.91 Å². The Morgan fingerprint density at radius 2 is 1.89 bits per heavy atom. The lowest BCUT2D eigenvalue weighted by Crippen LogP contribution is -2.16. The molecule has 8 heteroatoms. The van der Waals surface area contributed by atoms with Crippen molar-refractivity contribution >= 4 is 46.5 Å². The first-order valence-electron chi connectivity index (χ1n) is 8.07. The van der Waals surface area contributed by atoms with E-state index in [9.17, 15) is 9.59 Å². The molecule has 0 aliphatic rings. The van der Waals surface area contributed by atoms with E-state index in [1.807, 2.05) is 6.07 Å². The van der Waals surface area contributed by atoms with Gasteiger partial charge in [0.15, 0.2) is 0 Å². The van der Waals surface area contributed by atoms with E-state index in [1.165, 1.54) is 6.92 Å². The zero-order chi connectivity index (χ0) is 19.4. The molecule has 6 nitrogen and oxygen atoms in total. The number of rotatable bonds is 5. The van der Waals surface area contributed by atoms with Crippen molar-refractivity contribution in [3.63, 3.8) is 0 Å². The molecule has 2 aromatic carbocycles. The van der Waals surface area contributed by atoms with Gasteiger partial charge in [-0.25, -0.2) is 4.68 Å². The molecule has 0 aliphatic heterocycles. The van der Waals surface area contributed by atoms with Crippen LogP contribution in [0.2, 0.25) is 10.0 Å². The van der Waals surface area contributed by atoms with Crippen molar-refractivity contribution in [3.8, 4) is 0 Å². The van der Waals surface area contributed by atoms with Crippen LogP contribution in [0.5, 0.6) is 0 Å². The fourth-order valence-electron chi connectivity index (χ4n) is 2.51. The van der Waals surface area contributed by atoms with E-state index < -0.39 is 0 Å². The van der Waals surface area contributed by atoms with Gasteiger partial charge in [0, 0.05) is 34.3 Å². The monoisotopic (exact) mass is 402 g/mol. The van der Waals surface area contributed by atoms with Crippen molar-refractivity contribution in [2.45, 2.75) is 13.5 Å². The van der Waals surface area contributed by atoms with Crippen LogP contribution in [0.3, 0.4) is 0 Å². The number of amides is 2. The van der Waals surface area contributed by atoms with E-state index >= 15 is 0 Å². The number of benzene rings is 2. The number of nitrogens with zero attached hydrogens (tertiary/aromatic N) is 2. The first-order chi connectivity index (χ1) is 12.9. The van der Waals surface area contributed by atoms with Crippen molar-refractivity contribution in [3.05, 3.63) is 75.9 Å². The molecular formula is C19H16Cl2N4O2. The van der Waals surface area contributed by atoms with Crippen LogP contribution in [0.15, 0.2) is 54.7 Å². The minimum absolute atomic E-state index is 0.203. The maximum absolute atomic E-state index is 12.6. The van der Waals surface area contributed by atoms with Gasteiger partial charge in [0.1, 0.15) is 5.82 Å². The molecule has 0 aliphatic carbocycles. The lowest BCUT2D eigenvalue weighted by molar-refractivity contribution is -0.114. The normalized spacial score (nSPS) is 10.5. The third-order valence-corrected chi connectivity index (χ3v) is 4.33. The number of nitrogens with one attached hydrogen (secondary N) is 2. The van der Waals surface area contributed by atoms with Crippen LogP contribution in [0.4, 0.5) is 11.5 Å². The van der Waals surface area contributed by atoms with Gasteiger partial charge in [0.05, 0.1) is 12.7 Å². The molecule has 0 saturated heterocycles. The standard InChI is InChI=1S/C19H16Cl2N4O2/c1-12(26)23-16-4-2-3-13(9-16)19(27)24-18-7-8-22-25(18)11-14-5-6-15(20)10-17(14)21/h2-10H,11H2,1H3,(H,23,26)(H,24,27). The van der Waals surface area contributed by atoms with Gasteiger partial charge in [-0.3, -0.25) is 9.59 Å². The van der Waals surface area contributed by atoms with Crippen molar-refractivity contribution in [2.24, 2.45) is 0 Å². The lowest BCUT2D eigenvalue weighted by Gasteiger charge is -2.11. The molecule has 0 fully saturated rings. The highest BCUT2D eigenvalue weighted by Gasteiger charge is 2.12. The Labute approximate surface area is 166 Å². The second kappa shape index (κ2) is 8.24. The van der Waals surface area contributed by atoms with Crippen LogP contribution in [0.1, 0.15) is 22.8 Å². The summed E-state index contributed by atoms with van der Waals surface area (Å²) in [6.07, 6.45) is 1.59. The second-order valence-electron chi connectivity index (χ2n) is 5.83. The number of aromatic nitrogens is 2. The number of carbonyl (C=O) groups excluding carboxylic acids is 2. The maximum Gasteiger partial charge on any atom is 0.256 e. The molecule has 1 heterocycles. The quantitative estimate of drug-likeness (QED) is 0.661. The molecule has 0 bridgehead atoms. The highest BCUT2D eigenvalue weighted by atomic mass is 35.5. The number of halogens is 2. The molecule has 0 spiro atoms. The summed E-state index contributed by atoms with van der Waals surface area (Å²) >= 11 is 12.1. The minimum Gasteiger partial charge on any atom is -0.326 e. The molecule has 1 aromatic heterocycles. The van der Waals surface area contributed by atoms with Crippen molar-refractivity contribution < 1.29 is 9.59 Å². The topological polar surface area (TPSA) is 76.0 Å². The Balaban J connectivity index is 1.76. The van der Waals surface area contributed by atoms with Crippen molar-refractivity contribution in [2.75, 3.05) is 10.6 Å². The summed E-state index contributed by atoms with van der Waals surface area (Å²) in [5.41, 5.74) is 1.79. The molecule has 138 valence electrons. The average Bonchev–Trinajstić information content (AvgIpc) is 3.04. The lowest BCUT2D eigenvalue weighted by atomic mass is 10.2. The van der Waals surface area contributed by atoms with E-state index in [4.69, 9.17) is 23.2 Å². The summed E-state index contributed by atoms with van der Waals surface area (Å²) in [4.78, 5) is 23.7. The molecule has 0 unspecified atom stereocenters. The summed E-state index contributed by atoms with van der Waals surface area (Å²) < 4.78 is 1.63. The molecule has 0 atom stereocenters. The number of anilines is 2. The van der Waals surface area contributed by atoms with E-state index in [2.05, 4.69) is 15.7 Å². The third kappa shape index (κ3) is 4.87. The summed E-state index contributed by atoms with van der Waals surface area (Å²) in [5.74, 6) is 0.00702. The van der Waals surface area contributed by atoms with Gasteiger partial charge >= 0.3 is 0 Å². The Morgan fingerprint density at radius 3 is 2.63 bits per heavy atom. The highest BCUT2D eigenvalue weighted by Crippen LogP contribution is 2.23. The van der Waals surface area contributed by atoms with Crippen LogP contribution in [-0.2, 0) is 11.3 Å². The molecule has 3 rings (SSSR count).